The fourth-order valence-electron chi connectivity index (χ4n) is 1.86. The molecular formula is C16H14O5. The summed E-state index contributed by atoms with van der Waals surface area (Å²) in [6, 6.07) is 10.4. The number of benzene rings is 2. The van der Waals surface area contributed by atoms with Crippen LogP contribution in [0.4, 0.5) is 0 Å². The molecule has 2 rings (SSSR count). The highest BCUT2D eigenvalue weighted by atomic mass is 16.5. The van der Waals surface area contributed by atoms with Gasteiger partial charge in [0.25, 0.3) is 0 Å². The number of phenols is 1. The Labute approximate surface area is 121 Å². The highest BCUT2D eigenvalue weighted by Crippen LogP contribution is 2.21. The van der Waals surface area contributed by atoms with Crippen molar-refractivity contribution in [3.8, 4) is 11.5 Å². The Morgan fingerprint density at radius 1 is 0.905 bits per heavy atom. The Morgan fingerprint density at radius 2 is 1.52 bits per heavy atom. The van der Waals surface area contributed by atoms with E-state index < -0.39 is 5.97 Å². The molecule has 2 aromatic carbocycles. The Kier molecular flexibility index (Phi) is 4.23. The maximum absolute atomic E-state index is 12.4. The first kappa shape index (κ1) is 14.6. The van der Waals surface area contributed by atoms with E-state index in [-0.39, 0.29) is 17.1 Å². The van der Waals surface area contributed by atoms with Crippen LogP contribution < -0.4 is 4.74 Å². The summed E-state index contributed by atoms with van der Waals surface area (Å²) in [7, 11) is 2.72. The van der Waals surface area contributed by atoms with Gasteiger partial charge in [-0.3, -0.25) is 4.79 Å². The molecule has 0 atom stereocenters. The summed E-state index contributed by atoms with van der Waals surface area (Å²) in [5.41, 5.74) is 0.941. The third-order valence-electron chi connectivity index (χ3n) is 2.96. The van der Waals surface area contributed by atoms with Gasteiger partial charge < -0.3 is 14.6 Å². The average molecular weight is 286 g/mol. The third kappa shape index (κ3) is 3.20. The topological polar surface area (TPSA) is 72.8 Å². The maximum Gasteiger partial charge on any atom is 0.338 e. The quantitative estimate of drug-likeness (QED) is 0.690. The molecule has 0 aliphatic carbocycles. The zero-order valence-corrected chi connectivity index (χ0v) is 11.6. The number of esters is 1. The summed E-state index contributed by atoms with van der Waals surface area (Å²) in [6.07, 6.45) is 0. The molecule has 0 heterocycles. The van der Waals surface area contributed by atoms with Crippen molar-refractivity contribution < 1.29 is 24.2 Å². The van der Waals surface area contributed by atoms with Crippen LogP contribution in [-0.4, -0.2) is 31.1 Å². The smallest absolute Gasteiger partial charge is 0.338 e. The van der Waals surface area contributed by atoms with Gasteiger partial charge in [-0.2, -0.15) is 0 Å². The molecule has 0 amide bonds. The second kappa shape index (κ2) is 6.09. The standard InChI is InChI=1S/C16H14O5/c1-20-14-8-11(7-12(9-14)16(19)21-2)15(18)10-3-5-13(17)6-4-10/h3-9,17H,1-2H3. The molecule has 0 saturated heterocycles. The Morgan fingerprint density at radius 3 is 2.10 bits per heavy atom. The SMILES string of the molecule is COC(=O)c1cc(OC)cc(C(=O)c2ccc(O)cc2)c1. The number of hydrogen-bond acceptors (Lipinski definition) is 5. The van der Waals surface area contributed by atoms with Crippen molar-refractivity contribution in [3.63, 3.8) is 0 Å². The molecule has 0 saturated carbocycles. The highest BCUT2D eigenvalue weighted by molar-refractivity contribution is 6.10. The Balaban J connectivity index is 2.44. The van der Waals surface area contributed by atoms with Gasteiger partial charge in [0.1, 0.15) is 11.5 Å². The molecule has 21 heavy (non-hydrogen) atoms. The minimum atomic E-state index is -0.548. The van der Waals surface area contributed by atoms with Gasteiger partial charge in [0.2, 0.25) is 0 Å². The molecule has 0 spiro atoms. The van der Waals surface area contributed by atoms with Crippen LogP contribution in [0, 0.1) is 0 Å². The molecule has 0 aliphatic rings. The van der Waals surface area contributed by atoms with Crippen molar-refractivity contribution >= 4 is 11.8 Å². The van der Waals surface area contributed by atoms with E-state index in [1.165, 1.54) is 50.6 Å². The van der Waals surface area contributed by atoms with Crippen LogP contribution >= 0.6 is 0 Å². The molecule has 0 unspecified atom stereocenters. The number of aromatic hydroxyl groups is 1. The first-order chi connectivity index (χ1) is 10.0. The van der Waals surface area contributed by atoms with Gasteiger partial charge in [-0.15, -0.1) is 0 Å². The fourth-order valence-corrected chi connectivity index (χ4v) is 1.86. The van der Waals surface area contributed by atoms with Gasteiger partial charge in [0.05, 0.1) is 19.8 Å². The number of rotatable bonds is 4. The Bertz CT molecular complexity index is 674. The van der Waals surface area contributed by atoms with E-state index in [0.29, 0.717) is 16.9 Å². The second-order valence-electron chi connectivity index (χ2n) is 4.32. The van der Waals surface area contributed by atoms with E-state index in [9.17, 15) is 14.7 Å². The van der Waals surface area contributed by atoms with E-state index in [4.69, 9.17) is 4.74 Å². The zero-order chi connectivity index (χ0) is 15.4. The molecule has 0 bridgehead atoms. The summed E-state index contributed by atoms with van der Waals surface area (Å²) in [5, 5.41) is 9.25. The van der Waals surface area contributed by atoms with Crippen molar-refractivity contribution in [3.05, 3.63) is 59.2 Å². The molecule has 0 aromatic heterocycles. The number of carbonyl (C=O) groups is 2. The summed E-state index contributed by atoms with van der Waals surface area (Å²) >= 11 is 0. The van der Waals surface area contributed by atoms with E-state index >= 15 is 0 Å². The summed E-state index contributed by atoms with van der Waals surface area (Å²) in [6.45, 7) is 0. The molecule has 2 aromatic rings. The highest BCUT2D eigenvalue weighted by Gasteiger charge is 2.15. The molecule has 0 fully saturated rings. The van der Waals surface area contributed by atoms with E-state index in [1.54, 1.807) is 6.07 Å². The van der Waals surface area contributed by atoms with Gasteiger partial charge in [-0.1, -0.05) is 0 Å². The largest absolute Gasteiger partial charge is 0.508 e. The number of methoxy groups -OCH3 is 2. The van der Waals surface area contributed by atoms with Gasteiger partial charge in [0.15, 0.2) is 5.78 Å². The van der Waals surface area contributed by atoms with Crippen molar-refractivity contribution in [2.24, 2.45) is 0 Å². The van der Waals surface area contributed by atoms with Crippen molar-refractivity contribution in [1.29, 1.82) is 0 Å². The van der Waals surface area contributed by atoms with Crippen LogP contribution in [0.1, 0.15) is 26.3 Å². The van der Waals surface area contributed by atoms with E-state index in [2.05, 4.69) is 4.74 Å². The lowest BCUT2D eigenvalue weighted by Crippen LogP contribution is -2.07. The predicted octanol–water partition coefficient (Wildman–Crippen LogP) is 2.42. The van der Waals surface area contributed by atoms with Gasteiger partial charge in [-0.25, -0.2) is 4.79 Å². The van der Waals surface area contributed by atoms with Crippen LogP contribution in [0.5, 0.6) is 11.5 Å². The van der Waals surface area contributed by atoms with Gasteiger partial charge >= 0.3 is 5.97 Å². The molecule has 0 aliphatic heterocycles. The first-order valence-corrected chi connectivity index (χ1v) is 6.16. The molecule has 108 valence electrons. The minimum absolute atomic E-state index is 0.0763. The van der Waals surface area contributed by atoms with Crippen molar-refractivity contribution in [1.82, 2.24) is 0 Å². The van der Waals surface area contributed by atoms with Crippen LogP contribution in [0.3, 0.4) is 0 Å². The lowest BCUT2D eigenvalue weighted by molar-refractivity contribution is 0.0600. The summed E-state index contributed by atoms with van der Waals surface area (Å²) in [5.74, 6) is -0.361. The lowest BCUT2D eigenvalue weighted by Gasteiger charge is -2.08. The van der Waals surface area contributed by atoms with Crippen LogP contribution in [0.25, 0.3) is 0 Å². The van der Waals surface area contributed by atoms with Crippen LogP contribution in [0.15, 0.2) is 42.5 Å². The van der Waals surface area contributed by atoms with Crippen molar-refractivity contribution in [2.45, 2.75) is 0 Å². The maximum atomic E-state index is 12.4. The van der Waals surface area contributed by atoms with Gasteiger partial charge in [0, 0.05) is 11.1 Å². The number of ketones is 1. The first-order valence-electron chi connectivity index (χ1n) is 6.16. The predicted molar refractivity (Wildman–Crippen MR) is 75.9 cm³/mol. The fraction of sp³-hybridized carbons (Fsp3) is 0.125. The summed E-state index contributed by atoms with van der Waals surface area (Å²) < 4.78 is 9.75. The lowest BCUT2D eigenvalue weighted by atomic mass is 10.0. The van der Waals surface area contributed by atoms with Crippen LogP contribution in [-0.2, 0) is 4.74 Å². The number of phenolic OH excluding ortho intramolecular Hbond substituents is 1. The van der Waals surface area contributed by atoms with E-state index in [0.717, 1.165) is 0 Å². The van der Waals surface area contributed by atoms with Crippen LogP contribution in [0.2, 0.25) is 0 Å². The second-order valence-corrected chi connectivity index (χ2v) is 4.32. The zero-order valence-electron chi connectivity index (χ0n) is 11.6. The molecular weight excluding hydrogens is 272 g/mol. The van der Waals surface area contributed by atoms with Crippen molar-refractivity contribution in [2.75, 3.05) is 14.2 Å². The minimum Gasteiger partial charge on any atom is -0.508 e. The van der Waals surface area contributed by atoms with Gasteiger partial charge in [-0.05, 0) is 42.5 Å². The molecule has 5 heteroatoms. The number of carbonyl (C=O) groups excluding carboxylic acids is 2. The molecule has 1 N–H and O–H groups in total. The normalized spacial score (nSPS) is 10.0. The number of ether oxygens (including phenoxy) is 2. The molecule has 5 nitrogen and oxygen atoms in total. The number of hydrogen-bond donors (Lipinski definition) is 1. The van der Waals surface area contributed by atoms with E-state index in [1.807, 2.05) is 0 Å². The average Bonchev–Trinajstić information content (AvgIpc) is 2.53. The monoisotopic (exact) mass is 286 g/mol. The summed E-state index contributed by atoms with van der Waals surface area (Å²) in [4.78, 5) is 24.0. The Hall–Kier alpha value is -2.82. The molecule has 0 radical (unpaired) electrons. The third-order valence-corrected chi connectivity index (χ3v) is 2.96.